The van der Waals surface area contributed by atoms with E-state index in [-0.39, 0.29) is 0 Å². The van der Waals surface area contributed by atoms with Gasteiger partial charge in [-0.2, -0.15) is 0 Å². The molecule has 5 heteroatoms. The molecule has 0 aliphatic rings. The Morgan fingerprint density at radius 2 is 1.90 bits per heavy atom. The van der Waals surface area contributed by atoms with Crippen molar-refractivity contribution < 1.29 is 0 Å². The second kappa shape index (κ2) is 6.42. The predicted molar refractivity (Wildman–Crippen MR) is 84.9 cm³/mol. The fraction of sp³-hybridized carbons (Fsp3) is 0.333. The van der Waals surface area contributed by atoms with Crippen LogP contribution in [0.15, 0.2) is 24.3 Å². The Bertz CT molecular complexity index is 612. The van der Waals surface area contributed by atoms with Crippen LogP contribution in [0.2, 0.25) is 10.0 Å². The van der Waals surface area contributed by atoms with Gasteiger partial charge in [-0.15, -0.1) is 0 Å². The van der Waals surface area contributed by atoms with Gasteiger partial charge in [0.2, 0.25) is 0 Å². The molecule has 0 bridgehead atoms. The lowest BCUT2D eigenvalue weighted by Crippen LogP contribution is -2.05. The van der Waals surface area contributed by atoms with Gasteiger partial charge in [-0.25, -0.2) is 9.97 Å². The number of rotatable bonds is 4. The first kappa shape index (κ1) is 15.1. The van der Waals surface area contributed by atoms with Gasteiger partial charge in [-0.3, -0.25) is 0 Å². The standard InChI is InChI=1S/C15H17Cl2N3/c1-9(2)13-8-14(18-3)20-15(19-13)6-10-4-5-11(16)7-12(10)17/h4-5,7-9H,6H2,1-3H3,(H,18,19,20). The highest BCUT2D eigenvalue weighted by Gasteiger charge is 2.10. The summed E-state index contributed by atoms with van der Waals surface area (Å²) in [4.78, 5) is 9.08. The molecule has 1 heterocycles. The Balaban J connectivity index is 2.34. The second-order valence-electron chi connectivity index (χ2n) is 4.91. The van der Waals surface area contributed by atoms with Crippen molar-refractivity contribution in [3.63, 3.8) is 0 Å². The van der Waals surface area contributed by atoms with Crippen molar-refractivity contribution in [1.82, 2.24) is 9.97 Å². The van der Waals surface area contributed by atoms with Crippen LogP contribution >= 0.6 is 23.2 Å². The number of anilines is 1. The van der Waals surface area contributed by atoms with Crippen LogP contribution in [0.25, 0.3) is 0 Å². The molecule has 2 rings (SSSR count). The third-order valence-electron chi connectivity index (χ3n) is 3.00. The molecule has 0 aliphatic carbocycles. The molecule has 3 nitrogen and oxygen atoms in total. The van der Waals surface area contributed by atoms with Crippen molar-refractivity contribution in [3.05, 3.63) is 51.4 Å². The maximum Gasteiger partial charge on any atom is 0.135 e. The van der Waals surface area contributed by atoms with Crippen LogP contribution in [0.3, 0.4) is 0 Å². The summed E-state index contributed by atoms with van der Waals surface area (Å²) in [6.07, 6.45) is 0.589. The molecule has 0 saturated heterocycles. The number of aromatic nitrogens is 2. The molecule has 0 unspecified atom stereocenters. The summed E-state index contributed by atoms with van der Waals surface area (Å²) in [5.74, 6) is 1.93. The van der Waals surface area contributed by atoms with Crippen molar-refractivity contribution >= 4 is 29.0 Å². The van der Waals surface area contributed by atoms with Crippen molar-refractivity contribution in [2.45, 2.75) is 26.2 Å². The number of nitrogens with one attached hydrogen (secondary N) is 1. The maximum absolute atomic E-state index is 6.20. The van der Waals surface area contributed by atoms with Crippen LogP contribution in [0.4, 0.5) is 5.82 Å². The topological polar surface area (TPSA) is 37.8 Å². The Kier molecular flexibility index (Phi) is 4.84. The van der Waals surface area contributed by atoms with Crippen LogP contribution in [-0.4, -0.2) is 17.0 Å². The molecule has 1 aromatic carbocycles. The fourth-order valence-corrected chi connectivity index (χ4v) is 2.33. The zero-order chi connectivity index (χ0) is 14.7. The first-order valence-corrected chi connectivity index (χ1v) is 7.24. The number of hydrogen-bond donors (Lipinski definition) is 1. The number of benzene rings is 1. The molecular formula is C15H17Cl2N3. The summed E-state index contributed by atoms with van der Waals surface area (Å²) in [6, 6.07) is 7.45. The van der Waals surface area contributed by atoms with E-state index in [0.29, 0.717) is 22.4 Å². The average molecular weight is 310 g/mol. The van der Waals surface area contributed by atoms with E-state index in [1.54, 1.807) is 6.07 Å². The zero-order valence-corrected chi connectivity index (χ0v) is 13.3. The lowest BCUT2D eigenvalue weighted by molar-refractivity contribution is 0.793. The van der Waals surface area contributed by atoms with Crippen LogP contribution in [0.5, 0.6) is 0 Å². The summed E-state index contributed by atoms with van der Waals surface area (Å²) in [5, 5.41) is 4.34. The Hall–Kier alpha value is -1.32. The van der Waals surface area contributed by atoms with E-state index in [4.69, 9.17) is 23.2 Å². The van der Waals surface area contributed by atoms with Crippen LogP contribution in [0.1, 0.15) is 36.8 Å². The highest BCUT2D eigenvalue weighted by Crippen LogP contribution is 2.23. The minimum Gasteiger partial charge on any atom is -0.373 e. The van der Waals surface area contributed by atoms with Crippen LogP contribution in [0, 0.1) is 0 Å². The summed E-state index contributed by atoms with van der Waals surface area (Å²) in [6.45, 7) is 4.22. The third-order valence-corrected chi connectivity index (χ3v) is 3.59. The van der Waals surface area contributed by atoms with Crippen molar-refractivity contribution in [1.29, 1.82) is 0 Å². The minimum atomic E-state index is 0.351. The minimum absolute atomic E-state index is 0.351. The van der Waals surface area contributed by atoms with Crippen LogP contribution in [-0.2, 0) is 6.42 Å². The molecule has 0 radical (unpaired) electrons. The van der Waals surface area contributed by atoms with E-state index in [2.05, 4.69) is 29.1 Å². The first-order valence-electron chi connectivity index (χ1n) is 6.49. The smallest absolute Gasteiger partial charge is 0.135 e. The van der Waals surface area contributed by atoms with Crippen molar-refractivity contribution in [2.75, 3.05) is 12.4 Å². The summed E-state index contributed by atoms with van der Waals surface area (Å²) in [7, 11) is 1.85. The quantitative estimate of drug-likeness (QED) is 0.901. The monoisotopic (exact) mass is 309 g/mol. The second-order valence-corrected chi connectivity index (χ2v) is 5.76. The van der Waals surface area contributed by atoms with E-state index >= 15 is 0 Å². The van der Waals surface area contributed by atoms with Crippen molar-refractivity contribution in [3.8, 4) is 0 Å². The number of nitrogens with zero attached hydrogens (tertiary/aromatic N) is 2. The molecule has 0 saturated carbocycles. The zero-order valence-electron chi connectivity index (χ0n) is 11.7. The third kappa shape index (κ3) is 3.62. The normalized spacial score (nSPS) is 10.9. The van der Waals surface area contributed by atoms with Crippen LogP contribution < -0.4 is 5.32 Å². The van der Waals surface area contributed by atoms with Gasteiger partial charge in [0.1, 0.15) is 11.6 Å². The summed E-state index contributed by atoms with van der Waals surface area (Å²) < 4.78 is 0. The summed E-state index contributed by atoms with van der Waals surface area (Å²) in [5.41, 5.74) is 1.99. The highest BCUT2D eigenvalue weighted by molar-refractivity contribution is 6.35. The first-order chi connectivity index (χ1) is 9.49. The van der Waals surface area contributed by atoms with Gasteiger partial charge in [0.25, 0.3) is 0 Å². The van der Waals surface area contributed by atoms with Gasteiger partial charge in [-0.1, -0.05) is 43.1 Å². The van der Waals surface area contributed by atoms with Gasteiger partial charge < -0.3 is 5.32 Å². The van der Waals surface area contributed by atoms with E-state index in [9.17, 15) is 0 Å². The van der Waals surface area contributed by atoms with Gasteiger partial charge >= 0.3 is 0 Å². The Labute approximate surface area is 129 Å². The van der Waals surface area contributed by atoms with E-state index < -0.39 is 0 Å². The fourth-order valence-electron chi connectivity index (χ4n) is 1.86. The molecule has 0 spiro atoms. The van der Waals surface area contributed by atoms with Gasteiger partial charge in [0, 0.05) is 35.3 Å². The summed E-state index contributed by atoms with van der Waals surface area (Å²) >= 11 is 12.1. The molecule has 0 aliphatic heterocycles. The molecular weight excluding hydrogens is 293 g/mol. The Morgan fingerprint density at radius 3 is 2.50 bits per heavy atom. The molecule has 0 fully saturated rings. The largest absolute Gasteiger partial charge is 0.373 e. The Morgan fingerprint density at radius 1 is 1.15 bits per heavy atom. The van der Waals surface area contributed by atoms with E-state index in [1.165, 1.54) is 0 Å². The average Bonchev–Trinajstić information content (AvgIpc) is 2.41. The number of halogens is 2. The van der Waals surface area contributed by atoms with Gasteiger partial charge in [-0.05, 0) is 23.6 Å². The van der Waals surface area contributed by atoms with Crippen molar-refractivity contribution in [2.24, 2.45) is 0 Å². The highest BCUT2D eigenvalue weighted by atomic mass is 35.5. The lowest BCUT2D eigenvalue weighted by atomic mass is 10.1. The van der Waals surface area contributed by atoms with Gasteiger partial charge in [0.15, 0.2) is 0 Å². The van der Waals surface area contributed by atoms with Gasteiger partial charge in [0.05, 0.1) is 0 Å². The van der Waals surface area contributed by atoms with E-state index in [1.807, 2.05) is 25.2 Å². The molecule has 0 atom stereocenters. The molecule has 1 aromatic heterocycles. The molecule has 106 valence electrons. The predicted octanol–water partition coefficient (Wildman–Crippen LogP) is 4.54. The molecule has 1 N–H and O–H groups in total. The van der Waals surface area contributed by atoms with E-state index in [0.717, 1.165) is 22.9 Å². The molecule has 0 amide bonds. The maximum atomic E-state index is 6.20. The number of hydrogen-bond acceptors (Lipinski definition) is 3. The SMILES string of the molecule is CNc1cc(C(C)C)nc(Cc2ccc(Cl)cc2Cl)n1. The molecule has 20 heavy (non-hydrogen) atoms. The molecule has 2 aromatic rings. The lowest BCUT2D eigenvalue weighted by Gasteiger charge is -2.11.